The number of nitrogens with zero attached hydrogens (tertiary/aromatic N) is 3. The molecule has 0 saturated heterocycles. The highest BCUT2D eigenvalue weighted by atomic mass is 16.5. The molecule has 0 spiro atoms. The van der Waals surface area contributed by atoms with E-state index in [0.717, 1.165) is 0 Å². The highest BCUT2D eigenvalue weighted by Gasteiger charge is 2.07. The van der Waals surface area contributed by atoms with Crippen LogP contribution in [0.25, 0.3) is 11.0 Å². The lowest BCUT2D eigenvalue weighted by Crippen LogP contribution is -2.12. The Bertz CT molecular complexity index is 612. The Morgan fingerprint density at radius 2 is 2.33 bits per heavy atom. The molecule has 2 aromatic rings. The van der Waals surface area contributed by atoms with Crippen LogP contribution >= 0.6 is 0 Å². The van der Waals surface area contributed by atoms with Gasteiger partial charge in [-0.2, -0.15) is 10.4 Å². The largest absolute Gasteiger partial charge is 0.481 e. The minimum absolute atomic E-state index is 0.154. The van der Waals surface area contributed by atoms with Gasteiger partial charge in [0.05, 0.1) is 12.6 Å². The fourth-order valence-corrected chi connectivity index (χ4v) is 1.17. The Kier molecular flexibility index (Phi) is 2.06. The van der Waals surface area contributed by atoms with Gasteiger partial charge in [0.15, 0.2) is 0 Å². The molecule has 0 radical (unpaired) electrons. The summed E-state index contributed by atoms with van der Waals surface area (Å²) in [6.07, 6.45) is 0. The number of fused-ring (bicyclic) bond motifs is 1. The van der Waals surface area contributed by atoms with Crippen molar-refractivity contribution in [1.82, 2.24) is 15.2 Å². The van der Waals surface area contributed by atoms with Gasteiger partial charge in [0.25, 0.3) is 0 Å². The summed E-state index contributed by atoms with van der Waals surface area (Å²) in [7, 11) is 1.45. The van der Waals surface area contributed by atoms with Gasteiger partial charge in [0.2, 0.25) is 17.0 Å². The number of pyridine rings is 1. The Balaban J connectivity index is 2.85. The first-order valence-electron chi connectivity index (χ1n) is 4.10. The Morgan fingerprint density at radius 3 is 3.00 bits per heavy atom. The number of nitriles is 1. The molecule has 0 unspecified atom stereocenters. The summed E-state index contributed by atoms with van der Waals surface area (Å²) in [6.45, 7) is 0. The van der Waals surface area contributed by atoms with Crippen molar-refractivity contribution in [3.05, 3.63) is 28.0 Å². The molecule has 15 heavy (non-hydrogen) atoms. The number of aromatic amines is 1. The molecule has 2 rings (SSSR count). The second kappa shape index (κ2) is 3.38. The summed E-state index contributed by atoms with van der Waals surface area (Å²) < 4.78 is 4.88. The number of nitrogens with one attached hydrogen (secondary N) is 1. The van der Waals surface area contributed by atoms with E-state index >= 15 is 0 Å². The van der Waals surface area contributed by atoms with Crippen molar-refractivity contribution in [2.75, 3.05) is 7.11 Å². The van der Waals surface area contributed by atoms with E-state index in [-0.39, 0.29) is 11.2 Å². The number of rotatable bonds is 1. The number of H-pyrrole nitrogens is 1. The molecule has 0 aliphatic carbocycles. The monoisotopic (exact) mass is 202 g/mol. The number of methoxy groups -OCH3 is 1. The molecule has 0 amide bonds. The van der Waals surface area contributed by atoms with E-state index in [1.165, 1.54) is 7.11 Å². The minimum Gasteiger partial charge on any atom is -0.481 e. The predicted octanol–water partition coefficient (Wildman–Crippen LogP) is 0.198. The van der Waals surface area contributed by atoms with Crippen LogP contribution in [0.2, 0.25) is 0 Å². The molecule has 0 aromatic carbocycles. The SMILES string of the molecule is COc1ccc2[nH]nc(C#N)c(=O)c2n1. The van der Waals surface area contributed by atoms with Gasteiger partial charge in [-0.05, 0) is 6.07 Å². The predicted molar refractivity (Wildman–Crippen MR) is 51.4 cm³/mol. The quantitative estimate of drug-likeness (QED) is 0.713. The van der Waals surface area contributed by atoms with Crippen LogP contribution in [0.15, 0.2) is 16.9 Å². The van der Waals surface area contributed by atoms with Crippen LogP contribution in [-0.2, 0) is 0 Å². The standard InChI is InChI=1S/C9H6N4O2/c1-15-7-3-2-5-8(11-7)9(14)6(4-10)13-12-5/h2-3H,1H3,(H,12,14). The van der Waals surface area contributed by atoms with E-state index in [1.54, 1.807) is 18.2 Å². The second-order valence-corrected chi connectivity index (χ2v) is 2.76. The van der Waals surface area contributed by atoms with Gasteiger partial charge in [-0.3, -0.25) is 9.89 Å². The van der Waals surface area contributed by atoms with Crippen molar-refractivity contribution in [2.45, 2.75) is 0 Å². The van der Waals surface area contributed by atoms with Crippen LogP contribution in [-0.4, -0.2) is 22.3 Å². The number of hydrogen-bond donors (Lipinski definition) is 1. The van der Waals surface area contributed by atoms with Crippen molar-refractivity contribution in [3.8, 4) is 11.9 Å². The van der Waals surface area contributed by atoms with Gasteiger partial charge in [-0.25, -0.2) is 4.98 Å². The number of aromatic nitrogens is 3. The zero-order chi connectivity index (χ0) is 10.8. The molecular weight excluding hydrogens is 196 g/mol. The van der Waals surface area contributed by atoms with Gasteiger partial charge < -0.3 is 4.74 Å². The van der Waals surface area contributed by atoms with E-state index < -0.39 is 5.43 Å². The molecular formula is C9H6N4O2. The highest BCUT2D eigenvalue weighted by Crippen LogP contribution is 2.10. The first-order valence-corrected chi connectivity index (χ1v) is 4.10. The summed E-state index contributed by atoms with van der Waals surface area (Å²) in [5.41, 5.74) is -0.0749. The molecule has 0 fully saturated rings. The Morgan fingerprint density at radius 1 is 1.53 bits per heavy atom. The van der Waals surface area contributed by atoms with Crippen molar-refractivity contribution >= 4 is 11.0 Å². The maximum absolute atomic E-state index is 11.6. The third-order valence-corrected chi connectivity index (χ3v) is 1.90. The van der Waals surface area contributed by atoms with E-state index in [4.69, 9.17) is 10.00 Å². The fraction of sp³-hybridized carbons (Fsp3) is 0.111. The number of hydrogen-bond acceptors (Lipinski definition) is 5. The van der Waals surface area contributed by atoms with Crippen molar-refractivity contribution in [1.29, 1.82) is 5.26 Å². The number of ether oxygens (including phenoxy) is 1. The zero-order valence-corrected chi connectivity index (χ0v) is 7.81. The molecule has 2 heterocycles. The molecule has 6 heteroatoms. The zero-order valence-electron chi connectivity index (χ0n) is 7.81. The van der Waals surface area contributed by atoms with E-state index in [0.29, 0.717) is 11.4 Å². The van der Waals surface area contributed by atoms with Crippen LogP contribution < -0.4 is 10.2 Å². The molecule has 2 aromatic heterocycles. The van der Waals surface area contributed by atoms with Crippen LogP contribution in [0.1, 0.15) is 5.69 Å². The van der Waals surface area contributed by atoms with Crippen LogP contribution in [0.4, 0.5) is 0 Å². The first kappa shape index (κ1) is 9.15. The minimum atomic E-state index is -0.495. The highest BCUT2D eigenvalue weighted by molar-refractivity contribution is 5.74. The Hall–Kier alpha value is -2.42. The smallest absolute Gasteiger partial charge is 0.244 e. The van der Waals surface area contributed by atoms with Gasteiger partial charge >= 0.3 is 0 Å². The molecule has 0 atom stereocenters. The first-order chi connectivity index (χ1) is 7.26. The topological polar surface area (TPSA) is 91.7 Å². The van der Waals surface area contributed by atoms with Gasteiger partial charge in [0, 0.05) is 6.07 Å². The van der Waals surface area contributed by atoms with Crippen LogP contribution in [0.5, 0.6) is 5.88 Å². The summed E-state index contributed by atoms with van der Waals surface area (Å²) >= 11 is 0. The van der Waals surface area contributed by atoms with Gasteiger partial charge in [-0.1, -0.05) is 0 Å². The summed E-state index contributed by atoms with van der Waals surface area (Å²) in [6, 6.07) is 4.91. The molecule has 6 nitrogen and oxygen atoms in total. The molecule has 1 N–H and O–H groups in total. The third kappa shape index (κ3) is 1.40. The fourth-order valence-electron chi connectivity index (χ4n) is 1.17. The summed E-state index contributed by atoms with van der Waals surface area (Å²) in [5, 5.41) is 14.8. The van der Waals surface area contributed by atoms with Gasteiger partial charge in [-0.15, -0.1) is 0 Å². The van der Waals surface area contributed by atoms with Crippen molar-refractivity contribution in [3.63, 3.8) is 0 Å². The third-order valence-electron chi connectivity index (χ3n) is 1.90. The summed E-state index contributed by atoms with van der Waals surface area (Å²) in [5.74, 6) is 0.322. The average molecular weight is 202 g/mol. The summed E-state index contributed by atoms with van der Waals surface area (Å²) in [4.78, 5) is 15.5. The molecule has 0 aliphatic rings. The lowest BCUT2D eigenvalue weighted by molar-refractivity contribution is 0.399. The lowest BCUT2D eigenvalue weighted by Gasteiger charge is -2.00. The Labute approximate surface area is 84.1 Å². The van der Waals surface area contributed by atoms with E-state index in [9.17, 15) is 4.79 Å². The molecule has 0 aliphatic heterocycles. The molecule has 0 saturated carbocycles. The van der Waals surface area contributed by atoms with Crippen LogP contribution in [0.3, 0.4) is 0 Å². The van der Waals surface area contributed by atoms with Crippen molar-refractivity contribution in [2.24, 2.45) is 0 Å². The van der Waals surface area contributed by atoms with Gasteiger partial charge in [0.1, 0.15) is 11.6 Å². The lowest BCUT2D eigenvalue weighted by atomic mass is 10.3. The molecule has 0 bridgehead atoms. The average Bonchev–Trinajstić information content (AvgIpc) is 2.29. The van der Waals surface area contributed by atoms with E-state index in [2.05, 4.69) is 15.2 Å². The van der Waals surface area contributed by atoms with Crippen molar-refractivity contribution < 1.29 is 4.74 Å². The second-order valence-electron chi connectivity index (χ2n) is 2.76. The van der Waals surface area contributed by atoms with E-state index in [1.807, 2.05) is 0 Å². The maximum Gasteiger partial charge on any atom is 0.244 e. The van der Waals surface area contributed by atoms with Crippen LogP contribution in [0, 0.1) is 11.3 Å². The normalized spacial score (nSPS) is 9.87. The maximum atomic E-state index is 11.6. The molecule has 74 valence electrons.